The Morgan fingerprint density at radius 2 is 1.92 bits per heavy atom. The number of esters is 1. The molecular weight excluding hydrogens is 526 g/mol. The van der Waals surface area contributed by atoms with Crippen LogP contribution in [-0.4, -0.2) is 83.3 Å². The normalized spacial score (nSPS) is 20.7. The number of rotatable bonds is 7. The van der Waals surface area contributed by atoms with E-state index in [2.05, 4.69) is 24.5 Å². The lowest BCUT2D eigenvalue weighted by molar-refractivity contribution is -0.156. The minimum absolute atomic E-state index is 0.0609. The zero-order chi connectivity index (χ0) is 29.1. The number of hydrogen-bond acceptors (Lipinski definition) is 8. The number of benzene rings is 1. The van der Waals surface area contributed by atoms with Crippen molar-refractivity contribution in [3.8, 4) is 11.5 Å². The average molecular weight is 570 g/mol. The maximum atomic E-state index is 13.4. The van der Waals surface area contributed by atoms with Crippen molar-refractivity contribution in [1.29, 1.82) is 0 Å². The molecule has 0 saturated heterocycles. The molecule has 0 saturated carbocycles. The SMILES string of the molecule is CCOC(=O)C1(CCC(C)C)CNC(=O)CCCN(S(C)(=O)=O)CCNC(=O)COc2ccc(cc2OC)C1. The third-order valence-corrected chi connectivity index (χ3v) is 7.93. The number of carbonyl (C=O) groups is 3. The zero-order valence-electron chi connectivity index (χ0n) is 23.7. The Morgan fingerprint density at radius 1 is 1.18 bits per heavy atom. The Labute approximate surface area is 232 Å². The van der Waals surface area contributed by atoms with Crippen molar-refractivity contribution in [1.82, 2.24) is 14.9 Å². The average Bonchev–Trinajstić information content (AvgIpc) is 2.87. The van der Waals surface area contributed by atoms with Crippen molar-refractivity contribution in [2.24, 2.45) is 11.3 Å². The molecule has 0 fully saturated rings. The molecule has 220 valence electrons. The predicted octanol–water partition coefficient (Wildman–Crippen LogP) is 1.89. The summed E-state index contributed by atoms with van der Waals surface area (Å²) in [4.78, 5) is 38.6. The van der Waals surface area contributed by atoms with Crippen LogP contribution in [0.5, 0.6) is 11.5 Å². The number of ether oxygens (including phenoxy) is 3. The predicted molar refractivity (Wildman–Crippen MR) is 147 cm³/mol. The molecular formula is C27H43N3O8S. The number of nitrogens with zero attached hydrogens (tertiary/aromatic N) is 1. The molecule has 0 aromatic heterocycles. The molecule has 12 heteroatoms. The molecule has 1 aromatic carbocycles. The molecule has 2 heterocycles. The van der Waals surface area contributed by atoms with E-state index in [4.69, 9.17) is 14.2 Å². The summed E-state index contributed by atoms with van der Waals surface area (Å²) < 4.78 is 42.3. The molecule has 1 unspecified atom stereocenters. The Hall–Kier alpha value is -2.86. The van der Waals surface area contributed by atoms with Crippen molar-refractivity contribution in [3.05, 3.63) is 23.8 Å². The van der Waals surface area contributed by atoms with Crippen LogP contribution >= 0.6 is 0 Å². The first-order chi connectivity index (χ1) is 18.4. The molecule has 0 radical (unpaired) electrons. The van der Waals surface area contributed by atoms with Crippen LogP contribution in [0.2, 0.25) is 0 Å². The van der Waals surface area contributed by atoms with E-state index < -0.39 is 27.3 Å². The summed E-state index contributed by atoms with van der Waals surface area (Å²) in [6, 6.07) is 5.24. The van der Waals surface area contributed by atoms with Gasteiger partial charge in [-0.25, -0.2) is 12.7 Å². The summed E-state index contributed by atoms with van der Waals surface area (Å²) in [5.74, 6) is -0.0222. The van der Waals surface area contributed by atoms with E-state index >= 15 is 0 Å². The summed E-state index contributed by atoms with van der Waals surface area (Å²) in [5.41, 5.74) is -0.235. The highest BCUT2D eigenvalue weighted by Crippen LogP contribution is 2.35. The lowest BCUT2D eigenvalue weighted by Crippen LogP contribution is -2.46. The molecule has 2 N–H and O–H groups in total. The summed E-state index contributed by atoms with van der Waals surface area (Å²) >= 11 is 0. The van der Waals surface area contributed by atoms with Gasteiger partial charge in [0.05, 0.1) is 25.4 Å². The monoisotopic (exact) mass is 569 g/mol. The number of carbonyl (C=O) groups excluding carboxylic acids is 3. The quantitative estimate of drug-likeness (QED) is 0.375. The minimum Gasteiger partial charge on any atom is -0.493 e. The molecule has 0 aliphatic carbocycles. The van der Waals surface area contributed by atoms with Gasteiger partial charge in [-0.15, -0.1) is 0 Å². The summed E-state index contributed by atoms with van der Waals surface area (Å²) in [6.07, 6.45) is 2.98. The molecule has 2 aliphatic rings. The minimum atomic E-state index is -3.55. The molecule has 2 bridgehead atoms. The van der Waals surface area contributed by atoms with Gasteiger partial charge in [-0.1, -0.05) is 19.9 Å². The molecule has 2 aliphatic heterocycles. The summed E-state index contributed by atoms with van der Waals surface area (Å²) in [7, 11) is -2.06. The van der Waals surface area contributed by atoms with E-state index in [-0.39, 0.29) is 64.6 Å². The molecule has 3 rings (SSSR count). The number of fused-ring (bicyclic) bond motifs is 16. The molecule has 39 heavy (non-hydrogen) atoms. The van der Waals surface area contributed by atoms with Crippen LogP contribution in [0, 0.1) is 11.3 Å². The number of sulfonamides is 1. The fraction of sp³-hybridized carbons (Fsp3) is 0.667. The Bertz CT molecular complexity index is 1090. The van der Waals surface area contributed by atoms with Gasteiger partial charge in [0.1, 0.15) is 0 Å². The first-order valence-corrected chi connectivity index (χ1v) is 15.2. The maximum absolute atomic E-state index is 13.4. The van der Waals surface area contributed by atoms with Gasteiger partial charge in [-0.3, -0.25) is 14.4 Å². The Morgan fingerprint density at radius 3 is 2.56 bits per heavy atom. The van der Waals surface area contributed by atoms with E-state index in [1.54, 1.807) is 25.1 Å². The van der Waals surface area contributed by atoms with Crippen LogP contribution in [0.3, 0.4) is 0 Å². The Kier molecular flexibility index (Phi) is 12.5. The fourth-order valence-corrected chi connectivity index (χ4v) is 5.28. The smallest absolute Gasteiger partial charge is 0.314 e. The second-order valence-electron chi connectivity index (χ2n) is 10.3. The highest BCUT2D eigenvalue weighted by Gasteiger charge is 2.40. The molecule has 2 amide bonds. The van der Waals surface area contributed by atoms with Gasteiger partial charge in [-0.2, -0.15) is 0 Å². The van der Waals surface area contributed by atoms with Gasteiger partial charge >= 0.3 is 5.97 Å². The third-order valence-electron chi connectivity index (χ3n) is 6.63. The van der Waals surface area contributed by atoms with Gasteiger partial charge < -0.3 is 24.8 Å². The lowest BCUT2D eigenvalue weighted by Gasteiger charge is -2.33. The number of amides is 2. The van der Waals surface area contributed by atoms with Crippen LogP contribution in [0.25, 0.3) is 0 Å². The fourth-order valence-electron chi connectivity index (χ4n) is 4.40. The highest BCUT2D eigenvalue weighted by molar-refractivity contribution is 7.88. The van der Waals surface area contributed by atoms with Gasteiger partial charge in [0.25, 0.3) is 5.91 Å². The van der Waals surface area contributed by atoms with E-state index in [0.717, 1.165) is 18.2 Å². The van der Waals surface area contributed by atoms with E-state index in [1.807, 2.05) is 0 Å². The van der Waals surface area contributed by atoms with Gasteiger partial charge in [0, 0.05) is 32.6 Å². The maximum Gasteiger partial charge on any atom is 0.314 e. The second-order valence-corrected chi connectivity index (χ2v) is 12.3. The lowest BCUT2D eigenvalue weighted by atomic mass is 9.76. The van der Waals surface area contributed by atoms with Gasteiger partial charge in [0.15, 0.2) is 18.1 Å². The summed E-state index contributed by atoms with van der Waals surface area (Å²) in [5, 5.41) is 5.56. The largest absolute Gasteiger partial charge is 0.493 e. The van der Waals surface area contributed by atoms with Gasteiger partial charge in [0.2, 0.25) is 15.9 Å². The molecule has 0 spiro atoms. The van der Waals surface area contributed by atoms with E-state index in [0.29, 0.717) is 23.8 Å². The van der Waals surface area contributed by atoms with Crippen LogP contribution < -0.4 is 20.1 Å². The van der Waals surface area contributed by atoms with Crippen molar-refractivity contribution >= 4 is 27.8 Å². The van der Waals surface area contributed by atoms with Crippen molar-refractivity contribution in [2.75, 3.05) is 52.8 Å². The first-order valence-electron chi connectivity index (χ1n) is 13.4. The standard InChI is InChI=1S/C27H43N3O8S/c1-6-37-26(33)27(12-11-20(2)3)17-21-9-10-22(23(16-21)36-4)38-18-25(32)28-13-15-30(39(5,34)35)14-7-8-24(31)29-19-27/h9-10,16,20H,6-8,11-15,17-19H2,1-5H3,(H,28,32)(H,29,31). The number of nitrogens with one attached hydrogen (secondary N) is 2. The molecule has 1 atom stereocenters. The number of methoxy groups -OCH3 is 1. The number of hydrogen-bond donors (Lipinski definition) is 2. The highest BCUT2D eigenvalue weighted by atomic mass is 32.2. The summed E-state index contributed by atoms with van der Waals surface area (Å²) in [6.45, 7) is 6.15. The van der Waals surface area contributed by atoms with E-state index in [1.165, 1.54) is 11.4 Å². The van der Waals surface area contributed by atoms with Crippen LogP contribution in [0.15, 0.2) is 18.2 Å². The van der Waals surface area contributed by atoms with Crippen molar-refractivity contribution < 1.29 is 37.0 Å². The first kappa shape index (κ1) is 32.4. The third kappa shape index (κ3) is 10.3. The van der Waals surface area contributed by atoms with E-state index in [9.17, 15) is 22.8 Å². The van der Waals surface area contributed by atoms with Crippen LogP contribution in [-0.2, 0) is 35.6 Å². The Balaban J connectivity index is 2.44. The zero-order valence-corrected chi connectivity index (χ0v) is 24.5. The van der Waals surface area contributed by atoms with Crippen LogP contribution in [0.1, 0.15) is 52.0 Å². The van der Waals surface area contributed by atoms with Crippen molar-refractivity contribution in [3.63, 3.8) is 0 Å². The van der Waals surface area contributed by atoms with Crippen LogP contribution in [0.4, 0.5) is 0 Å². The van der Waals surface area contributed by atoms with Crippen molar-refractivity contribution in [2.45, 2.75) is 52.9 Å². The van der Waals surface area contributed by atoms with Gasteiger partial charge in [-0.05, 0) is 56.2 Å². The second kappa shape index (κ2) is 15.1. The molecule has 1 aromatic rings. The topological polar surface area (TPSA) is 140 Å². The molecule has 11 nitrogen and oxygen atoms in total.